The third-order valence-corrected chi connectivity index (χ3v) is 2.93. The lowest BCUT2D eigenvalue weighted by atomic mass is 9.99. The molecule has 0 fully saturated rings. The molecule has 6 heteroatoms. The molecule has 0 bridgehead atoms. The van der Waals surface area contributed by atoms with Crippen LogP contribution in [0.1, 0.15) is 30.6 Å². The summed E-state index contributed by atoms with van der Waals surface area (Å²) in [4.78, 5) is 17.7. The molecule has 0 aromatic heterocycles. The second kappa shape index (κ2) is 6.28. The first-order valence-electron chi connectivity index (χ1n) is 5.49. The molecule has 1 aromatic rings. The van der Waals surface area contributed by atoms with E-state index >= 15 is 0 Å². The van der Waals surface area contributed by atoms with Gasteiger partial charge in [-0.25, -0.2) is 4.57 Å². The molecule has 0 aliphatic carbocycles. The monoisotopic (exact) mass is 259 g/mol. The highest BCUT2D eigenvalue weighted by Gasteiger charge is 2.23. The first-order valence-corrected chi connectivity index (χ1v) is 7.02. The fourth-order valence-corrected chi connectivity index (χ4v) is 2.27. The molecule has 0 saturated heterocycles. The minimum Gasteiger partial charge on any atom is -0.328 e. The largest absolute Gasteiger partial charge is 0.470 e. The van der Waals surface area contributed by atoms with Crippen LogP contribution in [0.4, 0.5) is 0 Å². The third kappa shape index (κ3) is 4.58. The van der Waals surface area contributed by atoms with Gasteiger partial charge in [0, 0.05) is 6.54 Å². The number of hydrogen-bond donors (Lipinski definition) is 3. The van der Waals surface area contributed by atoms with E-state index in [0.717, 1.165) is 24.0 Å². The Morgan fingerprint density at radius 3 is 2.59 bits per heavy atom. The van der Waals surface area contributed by atoms with Gasteiger partial charge in [-0.3, -0.25) is 4.52 Å². The second-order valence-corrected chi connectivity index (χ2v) is 4.96. The number of hydrogen-bond acceptors (Lipinski definition) is 3. The molecule has 0 aliphatic heterocycles. The van der Waals surface area contributed by atoms with Crippen molar-refractivity contribution in [2.24, 2.45) is 5.73 Å². The zero-order valence-electron chi connectivity index (χ0n) is 9.74. The van der Waals surface area contributed by atoms with Gasteiger partial charge in [-0.15, -0.1) is 0 Å². The van der Waals surface area contributed by atoms with Crippen LogP contribution in [0.5, 0.6) is 0 Å². The molecule has 0 radical (unpaired) electrons. The van der Waals surface area contributed by atoms with Crippen LogP contribution in [-0.2, 0) is 15.5 Å². The predicted molar refractivity (Wildman–Crippen MR) is 65.4 cm³/mol. The Morgan fingerprint density at radius 1 is 1.41 bits per heavy atom. The first kappa shape index (κ1) is 14.4. The van der Waals surface area contributed by atoms with Crippen molar-refractivity contribution in [2.75, 3.05) is 6.54 Å². The Hall–Kier alpha value is -0.710. The number of benzene rings is 1. The van der Waals surface area contributed by atoms with E-state index in [4.69, 9.17) is 20.0 Å². The maximum absolute atomic E-state index is 10.9. The number of nitrogens with two attached hydrogens (primary N) is 1. The minimum atomic E-state index is -4.52. The van der Waals surface area contributed by atoms with Gasteiger partial charge in [-0.1, -0.05) is 37.6 Å². The smallest absolute Gasteiger partial charge is 0.328 e. The molecule has 0 heterocycles. The Bertz CT molecular complexity index is 404. The second-order valence-electron chi connectivity index (χ2n) is 3.77. The maximum Gasteiger partial charge on any atom is 0.470 e. The number of aryl methyl sites for hydroxylation is 1. The number of phosphoric acid groups is 1. The van der Waals surface area contributed by atoms with Crippen LogP contribution in [0, 0.1) is 0 Å². The van der Waals surface area contributed by atoms with E-state index in [1.54, 1.807) is 12.1 Å². The molecule has 1 unspecified atom stereocenters. The van der Waals surface area contributed by atoms with Crippen LogP contribution in [0.3, 0.4) is 0 Å². The molecule has 1 atom stereocenters. The van der Waals surface area contributed by atoms with Crippen molar-refractivity contribution in [3.8, 4) is 0 Å². The van der Waals surface area contributed by atoms with Crippen molar-refractivity contribution >= 4 is 7.82 Å². The summed E-state index contributed by atoms with van der Waals surface area (Å²) in [5.41, 5.74) is 7.27. The summed E-state index contributed by atoms with van der Waals surface area (Å²) >= 11 is 0. The molecule has 0 amide bonds. The van der Waals surface area contributed by atoms with Gasteiger partial charge in [0.15, 0.2) is 0 Å². The predicted octanol–water partition coefficient (Wildman–Crippen LogP) is 1.75. The summed E-state index contributed by atoms with van der Waals surface area (Å²) in [6.45, 7) is 2.07. The summed E-state index contributed by atoms with van der Waals surface area (Å²) in [5, 5.41) is 0. The van der Waals surface area contributed by atoms with Crippen molar-refractivity contribution in [3.05, 3.63) is 35.4 Å². The molecular weight excluding hydrogens is 241 g/mol. The lowest BCUT2D eigenvalue weighted by Gasteiger charge is -2.19. The summed E-state index contributed by atoms with van der Waals surface area (Å²) < 4.78 is 15.6. The molecule has 96 valence electrons. The molecule has 0 saturated carbocycles. The van der Waals surface area contributed by atoms with Crippen molar-refractivity contribution in [2.45, 2.75) is 25.9 Å². The van der Waals surface area contributed by atoms with Crippen molar-refractivity contribution in [3.63, 3.8) is 0 Å². The van der Waals surface area contributed by atoms with Crippen molar-refractivity contribution in [1.29, 1.82) is 0 Å². The van der Waals surface area contributed by atoms with Gasteiger partial charge in [0.1, 0.15) is 6.10 Å². The standard InChI is InChI=1S/C11H18NO4P/c1-2-5-9-6-3-4-7-10(9)11(8-12)16-17(13,14)15/h3-4,6-7,11H,2,5,8,12H2,1H3,(H2,13,14,15). The Kier molecular flexibility index (Phi) is 5.31. The Labute approximate surface area is 101 Å². The summed E-state index contributed by atoms with van der Waals surface area (Å²) in [6.07, 6.45) is 1.01. The highest BCUT2D eigenvalue weighted by Crippen LogP contribution is 2.42. The van der Waals surface area contributed by atoms with Gasteiger partial charge >= 0.3 is 7.82 Å². The number of phosphoric ester groups is 1. The summed E-state index contributed by atoms with van der Waals surface area (Å²) in [5.74, 6) is 0. The molecule has 1 rings (SSSR count). The average molecular weight is 259 g/mol. The van der Waals surface area contributed by atoms with E-state index in [0.29, 0.717) is 0 Å². The van der Waals surface area contributed by atoms with E-state index in [2.05, 4.69) is 0 Å². The highest BCUT2D eigenvalue weighted by molar-refractivity contribution is 7.46. The van der Waals surface area contributed by atoms with Crippen molar-refractivity contribution < 1.29 is 18.9 Å². The van der Waals surface area contributed by atoms with E-state index in [1.807, 2.05) is 19.1 Å². The van der Waals surface area contributed by atoms with Gasteiger partial charge in [0.05, 0.1) is 0 Å². The van der Waals surface area contributed by atoms with E-state index in [-0.39, 0.29) is 6.54 Å². The van der Waals surface area contributed by atoms with Gasteiger partial charge in [-0.2, -0.15) is 0 Å². The zero-order valence-corrected chi connectivity index (χ0v) is 10.6. The fraction of sp³-hybridized carbons (Fsp3) is 0.455. The zero-order chi connectivity index (χ0) is 12.9. The topological polar surface area (TPSA) is 92.8 Å². The molecule has 17 heavy (non-hydrogen) atoms. The SMILES string of the molecule is CCCc1ccccc1C(CN)OP(=O)(O)O. The Morgan fingerprint density at radius 2 is 2.06 bits per heavy atom. The van der Waals surface area contributed by atoms with E-state index in [9.17, 15) is 4.57 Å². The lowest BCUT2D eigenvalue weighted by Crippen LogP contribution is -2.16. The van der Waals surface area contributed by atoms with Gasteiger partial charge in [0.25, 0.3) is 0 Å². The average Bonchev–Trinajstić information content (AvgIpc) is 2.26. The van der Waals surface area contributed by atoms with Gasteiger partial charge < -0.3 is 15.5 Å². The molecule has 4 N–H and O–H groups in total. The highest BCUT2D eigenvalue weighted by atomic mass is 31.2. The van der Waals surface area contributed by atoms with Crippen LogP contribution in [0.25, 0.3) is 0 Å². The van der Waals surface area contributed by atoms with Crippen LogP contribution >= 0.6 is 7.82 Å². The van der Waals surface area contributed by atoms with Crippen LogP contribution in [0.2, 0.25) is 0 Å². The molecule has 5 nitrogen and oxygen atoms in total. The maximum atomic E-state index is 10.9. The summed E-state index contributed by atoms with van der Waals surface area (Å²) in [7, 11) is -4.52. The Balaban J connectivity index is 2.98. The van der Waals surface area contributed by atoms with Gasteiger partial charge in [0.2, 0.25) is 0 Å². The fourth-order valence-electron chi connectivity index (χ4n) is 1.74. The van der Waals surface area contributed by atoms with Crippen LogP contribution in [0.15, 0.2) is 24.3 Å². The van der Waals surface area contributed by atoms with E-state index in [1.165, 1.54) is 0 Å². The normalized spacial score (nSPS) is 13.6. The lowest BCUT2D eigenvalue weighted by molar-refractivity contribution is 0.138. The first-order chi connectivity index (χ1) is 7.98. The molecule has 0 spiro atoms. The van der Waals surface area contributed by atoms with Crippen molar-refractivity contribution in [1.82, 2.24) is 0 Å². The molecule has 0 aliphatic rings. The van der Waals surface area contributed by atoms with E-state index < -0.39 is 13.9 Å². The third-order valence-electron chi connectivity index (χ3n) is 2.40. The quantitative estimate of drug-likeness (QED) is 0.677. The van der Waals surface area contributed by atoms with Crippen LogP contribution in [-0.4, -0.2) is 16.3 Å². The van der Waals surface area contributed by atoms with Gasteiger partial charge in [-0.05, 0) is 17.5 Å². The molecular formula is C11H18NO4P. The number of rotatable bonds is 6. The molecule has 1 aromatic carbocycles. The van der Waals surface area contributed by atoms with Crippen LogP contribution < -0.4 is 5.73 Å². The summed E-state index contributed by atoms with van der Waals surface area (Å²) in [6, 6.07) is 7.41. The minimum absolute atomic E-state index is 0.0336.